The Hall–Kier alpha value is -2.59. The number of ether oxygens (including phenoxy) is 1. The molecule has 0 aliphatic carbocycles. The third-order valence-electron chi connectivity index (χ3n) is 2.52. The van der Waals surface area contributed by atoms with Crippen molar-refractivity contribution in [3.05, 3.63) is 48.3 Å². The first kappa shape index (κ1) is 13.8. The molecular weight excluding hydrogens is 278 g/mol. The van der Waals surface area contributed by atoms with Crippen LogP contribution in [-0.4, -0.2) is 20.5 Å². The van der Waals surface area contributed by atoms with E-state index in [1.165, 1.54) is 25.4 Å². The van der Waals surface area contributed by atoms with Gasteiger partial charge in [0.15, 0.2) is 5.69 Å². The fraction of sp³-hybridized carbons (Fsp3) is 0.0769. The van der Waals surface area contributed by atoms with Crippen LogP contribution in [0.2, 0.25) is 0 Å². The van der Waals surface area contributed by atoms with E-state index in [4.69, 9.17) is 10.00 Å². The zero-order valence-electron chi connectivity index (χ0n) is 10.6. The molecule has 20 heavy (non-hydrogen) atoms. The van der Waals surface area contributed by atoms with Crippen LogP contribution in [0.3, 0.4) is 0 Å². The van der Waals surface area contributed by atoms with E-state index in [2.05, 4.69) is 9.71 Å². The molecule has 6 nitrogen and oxygen atoms in total. The van der Waals surface area contributed by atoms with Crippen molar-refractivity contribution in [1.82, 2.24) is 4.98 Å². The van der Waals surface area contributed by atoms with Gasteiger partial charge in [0.2, 0.25) is 0 Å². The van der Waals surface area contributed by atoms with Crippen molar-refractivity contribution in [3.8, 4) is 11.8 Å². The summed E-state index contributed by atoms with van der Waals surface area (Å²) < 4.78 is 32.0. The molecular formula is C13H11N3O3S. The van der Waals surface area contributed by atoms with Crippen molar-refractivity contribution in [1.29, 1.82) is 5.26 Å². The van der Waals surface area contributed by atoms with Gasteiger partial charge in [-0.1, -0.05) is 12.1 Å². The zero-order chi connectivity index (χ0) is 14.6. The van der Waals surface area contributed by atoms with Crippen molar-refractivity contribution in [3.63, 3.8) is 0 Å². The predicted octanol–water partition coefficient (Wildman–Crippen LogP) is 1.76. The number of nitriles is 1. The number of rotatable bonds is 4. The number of hydrogen-bond donors (Lipinski definition) is 1. The summed E-state index contributed by atoms with van der Waals surface area (Å²) in [5.74, 6) is 0.387. The largest absolute Gasteiger partial charge is 0.495 e. The van der Waals surface area contributed by atoms with Crippen LogP contribution < -0.4 is 9.46 Å². The van der Waals surface area contributed by atoms with E-state index in [-0.39, 0.29) is 10.6 Å². The Balaban J connectivity index is 2.44. The first-order chi connectivity index (χ1) is 9.58. The SMILES string of the molecule is COc1ccccc1NS(=O)(=O)c1cccnc1C#N. The second-order valence-electron chi connectivity index (χ2n) is 3.77. The molecule has 7 heteroatoms. The quantitative estimate of drug-likeness (QED) is 0.926. The number of methoxy groups -OCH3 is 1. The summed E-state index contributed by atoms with van der Waals surface area (Å²) in [6, 6.07) is 11.1. The number of aromatic nitrogens is 1. The van der Waals surface area contributed by atoms with Gasteiger partial charge < -0.3 is 4.74 Å². The van der Waals surface area contributed by atoms with Crippen LogP contribution in [-0.2, 0) is 10.0 Å². The summed E-state index contributed by atoms with van der Waals surface area (Å²) in [5, 5.41) is 8.92. The van der Waals surface area contributed by atoms with Gasteiger partial charge in [0, 0.05) is 6.20 Å². The van der Waals surface area contributed by atoms with Crippen LogP contribution in [0.1, 0.15) is 5.69 Å². The number of anilines is 1. The van der Waals surface area contributed by atoms with Gasteiger partial charge >= 0.3 is 0 Å². The molecule has 0 aliphatic rings. The average molecular weight is 289 g/mol. The highest BCUT2D eigenvalue weighted by Gasteiger charge is 2.20. The molecule has 0 atom stereocenters. The van der Waals surface area contributed by atoms with Crippen molar-refractivity contribution >= 4 is 15.7 Å². The van der Waals surface area contributed by atoms with Crippen molar-refractivity contribution in [2.75, 3.05) is 11.8 Å². The smallest absolute Gasteiger partial charge is 0.264 e. The molecule has 0 fully saturated rings. The standard InChI is InChI=1S/C13H11N3O3S/c1-19-12-6-3-2-5-10(12)16-20(17,18)13-7-4-8-15-11(13)9-14/h2-8,16H,1H3. The molecule has 1 aromatic heterocycles. The van der Waals surface area contributed by atoms with Gasteiger partial charge in [-0.05, 0) is 24.3 Å². The first-order valence-electron chi connectivity index (χ1n) is 5.59. The molecule has 1 aromatic carbocycles. The van der Waals surface area contributed by atoms with Gasteiger partial charge in [0.1, 0.15) is 16.7 Å². The Morgan fingerprint density at radius 1 is 1.25 bits per heavy atom. The summed E-state index contributed by atoms with van der Waals surface area (Å²) in [6.45, 7) is 0. The maximum Gasteiger partial charge on any atom is 0.264 e. The third kappa shape index (κ3) is 2.70. The van der Waals surface area contributed by atoms with Gasteiger partial charge in [0.25, 0.3) is 10.0 Å². The fourth-order valence-corrected chi connectivity index (χ4v) is 2.80. The maximum absolute atomic E-state index is 12.3. The zero-order valence-corrected chi connectivity index (χ0v) is 11.4. The Labute approximate surface area is 116 Å². The highest BCUT2D eigenvalue weighted by atomic mass is 32.2. The van der Waals surface area contributed by atoms with Gasteiger partial charge in [-0.3, -0.25) is 4.72 Å². The first-order valence-corrected chi connectivity index (χ1v) is 7.08. The number of benzene rings is 1. The Bertz CT molecular complexity index is 766. The van der Waals surface area contributed by atoms with Crippen LogP contribution in [0, 0.1) is 11.3 Å². The van der Waals surface area contributed by atoms with E-state index in [0.29, 0.717) is 11.4 Å². The maximum atomic E-state index is 12.3. The summed E-state index contributed by atoms with van der Waals surface area (Å²) in [5.41, 5.74) is 0.137. The lowest BCUT2D eigenvalue weighted by molar-refractivity contribution is 0.417. The van der Waals surface area contributed by atoms with Crippen LogP contribution in [0.4, 0.5) is 5.69 Å². The average Bonchev–Trinajstić information content (AvgIpc) is 2.47. The van der Waals surface area contributed by atoms with E-state index in [1.807, 2.05) is 0 Å². The number of nitrogens with one attached hydrogen (secondary N) is 1. The van der Waals surface area contributed by atoms with Gasteiger partial charge in [0.05, 0.1) is 12.8 Å². The topological polar surface area (TPSA) is 92.1 Å². The summed E-state index contributed by atoms with van der Waals surface area (Å²) in [6.07, 6.45) is 1.36. The minimum absolute atomic E-state index is 0.158. The molecule has 1 N–H and O–H groups in total. The lowest BCUT2D eigenvalue weighted by Crippen LogP contribution is -2.15. The van der Waals surface area contributed by atoms with Crippen molar-refractivity contribution in [2.24, 2.45) is 0 Å². The lowest BCUT2D eigenvalue weighted by atomic mass is 10.3. The van der Waals surface area contributed by atoms with E-state index in [0.717, 1.165) is 0 Å². The lowest BCUT2D eigenvalue weighted by Gasteiger charge is -2.11. The van der Waals surface area contributed by atoms with E-state index < -0.39 is 10.0 Å². The Morgan fingerprint density at radius 2 is 2.00 bits per heavy atom. The molecule has 0 bridgehead atoms. The molecule has 1 heterocycles. The minimum atomic E-state index is -3.90. The number of hydrogen-bond acceptors (Lipinski definition) is 5. The van der Waals surface area contributed by atoms with Crippen LogP contribution in [0.15, 0.2) is 47.5 Å². The fourth-order valence-electron chi connectivity index (χ4n) is 1.62. The van der Waals surface area contributed by atoms with Crippen molar-refractivity contribution in [2.45, 2.75) is 4.90 Å². The number of sulfonamides is 1. The van der Waals surface area contributed by atoms with Crippen LogP contribution >= 0.6 is 0 Å². The van der Waals surface area contributed by atoms with E-state index in [9.17, 15) is 8.42 Å². The summed E-state index contributed by atoms with van der Waals surface area (Å²) in [4.78, 5) is 3.56. The van der Waals surface area contributed by atoms with Crippen LogP contribution in [0.5, 0.6) is 5.75 Å². The molecule has 2 rings (SSSR count). The molecule has 0 spiro atoms. The third-order valence-corrected chi connectivity index (χ3v) is 3.91. The molecule has 0 radical (unpaired) electrons. The molecule has 102 valence electrons. The van der Waals surface area contributed by atoms with E-state index in [1.54, 1.807) is 30.3 Å². The summed E-state index contributed by atoms with van der Waals surface area (Å²) in [7, 11) is -2.46. The Morgan fingerprint density at radius 3 is 2.70 bits per heavy atom. The highest BCUT2D eigenvalue weighted by molar-refractivity contribution is 7.92. The monoisotopic (exact) mass is 289 g/mol. The van der Waals surface area contributed by atoms with Gasteiger partial charge in [-0.25, -0.2) is 13.4 Å². The highest BCUT2D eigenvalue weighted by Crippen LogP contribution is 2.26. The van der Waals surface area contributed by atoms with Crippen molar-refractivity contribution < 1.29 is 13.2 Å². The predicted molar refractivity (Wildman–Crippen MR) is 72.8 cm³/mol. The molecule has 2 aromatic rings. The molecule has 0 saturated carbocycles. The molecule has 0 amide bonds. The molecule has 0 unspecified atom stereocenters. The second-order valence-corrected chi connectivity index (χ2v) is 5.42. The normalized spacial score (nSPS) is 10.6. The summed E-state index contributed by atoms with van der Waals surface area (Å²) >= 11 is 0. The molecule has 0 aliphatic heterocycles. The van der Waals surface area contributed by atoms with Crippen LogP contribution in [0.25, 0.3) is 0 Å². The van der Waals surface area contributed by atoms with Gasteiger partial charge in [-0.15, -0.1) is 0 Å². The van der Waals surface area contributed by atoms with E-state index >= 15 is 0 Å². The number of pyridine rings is 1. The number of nitrogens with zero attached hydrogens (tertiary/aromatic N) is 2. The minimum Gasteiger partial charge on any atom is -0.495 e. The molecule has 0 saturated heterocycles. The Kier molecular flexibility index (Phi) is 3.86. The van der Waals surface area contributed by atoms with Gasteiger partial charge in [-0.2, -0.15) is 5.26 Å². The second kappa shape index (κ2) is 5.59. The number of para-hydroxylation sites is 2.